The second-order valence-electron chi connectivity index (χ2n) is 12.5. The van der Waals surface area contributed by atoms with Gasteiger partial charge in [-0.1, -0.05) is 97.1 Å². The van der Waals surface area contributed by atoms with Crippen molar-refractivity contribution in [3.63, 3.8) is 0 Å². The molecule has 0 unspecified atom stereocenters. The number of aromatic nitrogens is 4. The van der Waals surface area contributed by atoms with Gasteiger partial charge in [-0.25, -0.2) is 9.37 Å². The molecule has 0 aliphatic heterocycles. The van der Waals surface area contributed by atoms with Crippen LogP contribution >= 0.6 is 0 Å². The molecule has 5 aromatic carbocycles. The smallest absolute Gasteiger partial charge is 0.322 e. The van der Waals surface area contributed by atoms with E-state index < -0.39 is 29.0 Å². The molecule has 0 aliphatic rings. The number of nitrogens with zero attached hydrogens (tertiary/aromatic N) is 4. The summed E-state index contributed by atoms with van der Waals surface area (Å²) >= 11 is 0. The van der Waals surface area contributed by atoms with Gasteiger partial charge in [-0.3, -0.25) is 13.9 Å². The molecule has 0 saturated carbocycles. The highest BCUT2D eigenvalue weighted by molar-refractivity contribution is 6.04. The zero-order chi connectivity index (χ0) is 36.6. The Kier molecular flexibility index (Phi) is 8.42. The normalized spacial score (nSPS) is 11.8. The molecule has 0 bridgehead atoms. The molecule has 0 fully saturated rings. The molecule has 0 spiro atoms. The molecule has 6 nitrogen and oxygen atoms in total. The van der Waals surface area contributed by atoms with Crippen molar-refractivity contribution < 1.29 is 22.4 Å². The van der Waals surface area contributed by atoms with Crippen molar-refractivity contribution in [2.45, 2.75) is 11.7 Å². The molecule has 53 heavy (non-hydrogen) atoms. The lowest BCUT2D eigenvalue weighted by molar-refractivity contribution is -0.137. The summed E-state index contributed by atoms with van der Waals surface area (Å²) in [4.78, 5) is 17.4. The van der Waals surface area contributed by atoms with Gasteiger partial charge in [-0.05, 0) is 65.2 Å². The predicted molar refractivity (Wildman–Crippen MR) is 196 cm³/mol. The van der Waals surface area contributed by atoms with Crippen molar-refractivity contribution >= 4 is 17.2 Å². The van der Waals surface area contributed by atoms with Crippen LogP contribution in [0.3, 0.4) is 0 Å². The van der Waals surface area contributed by atoms with Crippen LogP contribution in [0.4, 0.5) is 23.2 Å². The van der Waals surface area contributed by atoms with E-state index in [9.17, 15) is 18.0 Å². The fourth-order valence-electron chi connectivity index (χ4n) is 6.75. The van der Waals surface area contributed by atoms with Gasteiger partial charge in [-0.15, -0.1) is 0 Å². The molecule has 1 N–H and O–H groups in total. The number of anilines is 1. The van der Waals surface area contributed by atoms with Gasteiger partial charge >= 0.3 is 6.18 Å². The van der Waals surface area contributed by atoms with E-state index >= 15 is 4.39 Å². The van der Waals surface area contributed by atoms with Gasteiger partial charge in [-0.2, -0.15) is 18.3 Å². The summed E-state index contributed by atoms with van der Waals surface area (Å²) < 4.78 is 58.1. The Morgan fingerprint density at radius 1 is 0.604 bits per heavy atom. The van der Waals surface area contributed by atoms with E-state index in [4.69, 9.17) is 5.10 Å². The summed E-state index contributed by atoms with van der Waals surface area (Å²) in [7, 11) is 0. The largest absolute Gasteiger partial charge is 0.416 e. The molecule has 0 aliphatic carbocycles. The van der Waals surface area contributed by atoms with Gasteiger partial charge in [0.1, 0.15) is 17.0 Å². The number of hydrogen-bond acceptors (Lipinski definition) is 3. The summed E-state index contributed by atoms with van der Waals surface area (Å²) in [5.74, 6) is -1.58. The lowest BCUT2D eigenvalue weighted by atomic mass is 9.77. The lowest BCUT2D eigenvalue weighted by Crippen LogP contribution is -2.38. The van der Waals surface area contributed by atoms with Crippen molar-refractivity contribution in [1.29, 1.82) is 0 Å². The van der Waals surface area contributed by atoms with Crippen LogP contribution < -0.4 is 5.32 Å². The first kappa shape index (κ1) is 33.3. The summed E-state index contributed by atoms with van der Waals surface area (Å²) in [5.41, 5.74) is 4.73. The highest BCUT2D eigenvalue weighted by Crippen LogP contribution is 2.41. The summed E-state index contributed by atoms with van der Waals surface area (Å²) in [5, 5.41) is 7.44. The van der Waals surface area contributed by atoms with Crippen molar-refractivity contribution in [1.82, 2.24) is 19.2 Å². The van der Waals surface area contributed by atoms with Crippen LogP contribution in [0.5, 0.6) is 0 Å². The SMILES string of the molecule is O=C(Nc1ccc(C(F)(F)F)cc1)c1ccc(-c2cnc3ccc(-c4cnn(C(c5ccccc5)(c5ccccc5)c5ccccc5)c4)cn23)cc1F. The quantitative estimate of drug-likeness (QED) is 0.126. The minimum Gasteiger partial charge on any atom is -0.322 e. The minimum atomic E-state index is -4.51. The second-order valence-corrected chi connectivity index (χ2v) is 12.5. The number of carbonyl (C=O) groups is 1. The third-order valence-corrected chi connectivity index (χ3v) is 9.32. The van der Waals surface area contributed by atoms with E-state index in [0.29, 0.717) is 16.9 Å². The number of alkyl halides is 3. The maximum atomic E-state index is 15.4. The molecular formula is C43H29F4N5O. The average molecular weight is 708 g/mol. The van der Waals surface area contributed by atoms with Crippen molar-refractivity contribution in [2.75, 3.05) is 5.32 Å². The molecule has 3 heterocycles. The van der Waals surface area contributed by atoms with Gasteiger partial charge in [0.2, 0.25) is 0 Å². The number of imidazole rings is 1. The van der Waals surface area contributed by atoms with Gasteiger partial charge in [0.25, 0.3) is 5.91 Å². The first-order valence-electron chi connectivity index (χ1n) is 16.7. The fourth-order valence-corrected chi connectivity index (χ4v) is 6.75. The molecule has 260 valence electrons. The first-order chi connectivity index (χ1) is 25.7. The zero-order valence-electron chi connectivity index (χ0n) is 27.9. The van der Waals surface area contributed by atoms with E-state index in [2.05, 4.69) is 46.7 Å². The Hall–Kier alpha value is -6.81. The molecule has 1 amide bonds. The number of halogens is 4. The van der Waals surface area contributed by atoms with Crippen LogP contribution in [-0.4, -0.2) is 25.1 Å². The Balaban J connectivity index is 1.14. The summed E-state index contributed by atoms with van der Waals surface area (Å²) in [6.45, 7) is 0. The Morgan fingerprint density at radius 3 is 1.75 bits per heavy atom. The van der Waals surface area contributed by atoms with Crippen molar-refractivity contribution in [3.05, 3.63) is 204 Å². The number of hydrogen-bond donors (Lipinski definition) is 1. The topological polar surface area (TPSA) is 64.2 Å². The average Bonchev–Trinajstić information content (AvgIpc) is 3.84. The third-order valence-electron chi connectivity index (χ3n) is 9.32. The molecule has 0 saturated heterocycles. The lowest BCUT2D eigenvalue weighted by Gasteiger charge is -2.36. The monoisotopic (exact) mass is 707 g/mol. The standard InChI is InChI=1S/C43H29F4N5O/c44-38-24-29(16-22-37(38)41(53)50-36-20-18-35(19-21-36)43(45,46)47)39-26-48-40-23-17-30(27-51(39)40)31-25-49-52(28-31)42(32-10-4-1-5-11-32,33-12-6-2-7-13-33)34-14-8-3-9-15-34/h1-28H,(H,50,53). The van der Waals surface area contributed by atoms with E-state index in [1.807, 2.05) is 94.4 Å². The molecule has 10 heteroatoms. The predicted octanol–water partition coefficient (Wildman–Crippen LogP) is 10.1. The number of rotatable bonds is 8. The van der Waals surface area contributed by atoms with Crippen LogP contribution in [0.1, 0.15) is 32.6 Å². The molecular weight excluding hydrogens is 678 g/mol. The molecule has 0 radical (unpaired) electrons. The zero-order valence-corrected chi connectivity index (χ0v) is 27.9. The van der Waals surface area contributed by atoms with Crippen LogP contribution in [0, 0.1) is 5.82 Å². The molecule has 0 atom stereocenters. The second kappa shape index (κ2) is 13.4. The summed E-state index contributed by atoms with van der Waals surface area (Å²) in [6.07, 6.45) is 2.88. The maximum absolute atomic E-state index is 15.4. The van der Waals surface area contributed by atoms with Crippen LogP contribution in [-0.2, 0) is 11.7 Å². The fraction of sp³-hybridized carbons (Fsp3) is 0.0465. The van der Waals surface area contributed by atoms with E-state index in [0.717, 1.165) is 52.1 Å². The van der Waals surface area contributed by atoms with E-state index in [1.54, 1.807) is 12.3 Å². The Labute approximate surface area is 301 Å². The van der Waals surface area contributed by atoms with Crippen LogP contribution in [0.25, 0.3) is 28.0 Å². The van der Waals surface area contributed by atoms with Crippen LogP contribution in [0.15, 0.2) is 170 Å². The van der Waals surface area contributed by atoms with Crippen molar-refractivity contribution in [2.24, 2.45) is 0 Å². The maximum Gasteiger partial charge on any atom is 0.416 e. The third kappa shape index (κ3) is 6.14. The van der Waals surface area contributed by atoms with E-state index in [1.165, 1.54) is 12.1 Å². The van der Waals surface area contributed by atoms with Crippen molar-refractivity contribution in [3.8, 4) is 22.4 Å². The summed E-state index contributed by atoms with van der Waals surface area (Å²) in [6, 6.07) is 42.7. The highest BCUT2D eigenvalue weighted by Gasteiger charge is 2.39. The molecule has 8 rings (SSSR count). The Bertz CT molecular complexity index is 2450. The first-order valence-corrected chi connectivity index (χ1v) is 16.7. The number of carbonyl (C=O) groups excluding carboxylic acids is 1. The number of nitrogens with one attached hydrogen (secondary N) is 1. The Morgan fingerprint density at radius 2 is 1.19 bits per heavy atom. The minimum absolute atomic E-state index is 0.109. The van der Waals surface area contributed by atoms with Crippen LogP contribution in [0.2, 0.25) is 0 Å². The number of pyridine rings is 1. The molecule has 3 aromatic heterocycles. The van der Waals surface area contributed by atoms with E-state index in [-0.39, 0.29) is 11.3 Å². The molecule has 8 aromatic rings. The van der Waals surface area contributed by atoms with Gasteiger partial charge in [0.05, 0.1) is 29.2 Å². The number of amides is 1. The highest BCUT2D eigenvalue weighted by atomic mass is 19.4. The number of benzene rings is 5. The van der Waals surface area contributed by atoms with Gasteiger partial charge in [0, 0.05) is 34.8 Å². The number of fused-ring (bicyclic) bond motifs is 1. The van der Waals surface area contributed by atoms with Gasteiger partial charge in [0.15, 0.2) is 0 Å². The van der Waals surface area contributed by atoms with Gasteiger partial charge < -0.3 is 5.32 Å².